The predicted octanol–water partition coefficient (Wildman–Crippen LogP) is -0.883. The molecule has 0 unspecified atom stereocenters. The number of carbonyl (C=O) groups is 9. The molecule has 10 atom stereocenters. The Morgan fingerprint density at radius 1 is 0.662 bits per heavy atom. The van der Waals surface area contributed by atoms with Crippen molar-refractivity contribution in [3.63, 3.8) is 0 Å². The van der Waals surface area contributed by atoms with E-state index < -0.39 is 126 Å². The highest BCUT2D eigenvalue weighted by atomic mass is 32.2. The number of thioether (sulfide) groups is 1. The first-order valence-corrected chi connectivity index (χ1v) is 25.2. The Bertz CT molecular complexity index is 2120. The van der Waals surface area contributed by atoms with Crippen molar-refractivity contribution in [3.05, 3.63) is 71.8 Å². The molecule has 0 aromatic heterocycles. The molecule has 1 heterocycles. The second-order valence-corrected chi connectivity index (χ2v) is 19.5. The van der Waals surface area contributed by atoms with Gasteiger partial charge < -0.3 is 63.2 Å². The van der Waals surface area contributed by atoms with Gasteiger partial charge in [-0.05, 0) is 80.9 Å². The van der Waals surface area contributed by atoms with Gasteiger partial charge in [-0.15, -0.1) is 0 Å². The van der Waals surface area contributed by atoms with Crippen LogP contribution in [-0.2, 0) is 56.0 Å². The van der Waals surface area contributed by atoms with Crippen molar-refractivity contribution >= 4 is 65.0 Å². The molecule has 2 aromatic rings. The second kappa shape index (κ2) is 29.3. The van der Waals surface area contributed by atoms with E-state index >= 15 is 0 Å². The Balaban J connectivity index is 1.75. The summed E-state index contributed by atoms with van der Waals surface area (Å²) < 4.78 is 0. The molecule has 0 aliphatic carbocycles. The van der Waals surface area contributed by atoms with Gasteiger partial charge in [0.2, 0.25) is 47.3 Å². The molecule has 0 radical (unpaired) electrons. The average Bonchev–Trinajstić information content (AvgIpc) is 3.82. The van der Waals surface area contributed by atoms with Crippen LogP contribution < -0.4 is 43.0 Å². The summed E-state index contributed by atoms with van der Waals surface area (Å²) in [6.45, 7) is 8.82. The molecular weight excluding hydrogens is 939 g/mol. The highest BCUT2D eigenvalue weighted by Gasteiger charge is 2.40. The number of aliphatic hydroxyl groups excluding tert-OH is 2. The third kappa shape index (κ3) is 18.9. The van der Waals surface area contributed by atoms with Crippen molar-refractivity contribution in [1.29, 1.82) is 0 Å². The summed E-state index contributed by atoms with van der Waals surface area (Å²) in [4.78, 5) is 122. The van der Waals surface area contributed by atoms with Gasteiger partial charge >= 0.3 is 5.97 Å². The van der Waals surface area contributed by atoms with Crippen LogP contribution in [0.3, 0.4) is 0 Å². The van der Waals surface area contributed by atoms with Crippen molar-refractivity contribution in [1.82, 2.24) is 42.1 Å². The second-order valence-electron chi connectivity index (χ2n) is 18.5. The molecule has 1 saturated heterocycles. The Labute approximate surface area is 419 Å². The fraction of sp³-hybridized carbons (Fsp3) is 0.571. The number of aliphatic carboxylic acids is 1. The number of aliphatic hydroxyl groups is 2. The molecule has 21 nitrogen and oxygen atoms in total. The highest BCUT2D eigenvalue weighted by Crippen LogP contribution is 2.20. The zero-order valence-corrected chi connectivity index (χ0v) is 42.3. The van der Waals surface area contributed by atoms with E-state index in [1.54, 1.807) is 64.3 Å². The van der Waals surface area contributed by atoms with Crippen LogP contribution in [0.2, 0.25) is 0 Å². The summed E-state index contributed by atoms with van der Waals surface area (Å²) in [5.41, 5.74) is 7.74. The van der Waals surface area contributed by atoms with E-state index in [-0.39, 0.29) is 31.6 Å². The Morgan fingerprint density at radius 3 is 1.72 bits per heavy atom. The molecule has 1 fully saturated rings. The van der Waals surface area contributed by atoms with Crippen LogP contribution in [0.15, 0.2) is 60.7 Å². The number of likely N-dealkylation sites (tertiary alicyclic amines) is 1. The molecule has 12 N–H and O–H groups in total. The molecule has 0 spiro atoms. The number of nitrogens with zero attached hydrogens (tertiary/aromatic N) is 1. The van der Waals surface area contributed by atoms with Gasteiger partial charge in [0.15, 0.2) is 0 Å². The number of amides is 8. The zero-order valence-electron chi connectivity index (χ0n) is 41.5. The van der Waals surface area contributed by atoms with Crippen LogP contribution in [-0.4, -0.2) is 159 Å². The first-order chi connectivity index (χ1) is 33.6. The molecule has 1 aliphatic heterocycles. The number of hydrogen-bond donors (Lipinski definition) is 11. The van der Waals surface area contributed by atoms with Gasteiger partial charge in [0.1, 0.15) is 48.3 Å². The van der Waals surface area contributed by atoms with Crippen LogP contribution in [0.25, 0.3) is 0 Å². The number of benzene rings is 2. The zero-order chi connectivity index (χ0) is 52.9. The monoisotopic (exact) mass is 1010 g/mol. The van der Waals surface area contributed by atoms with Gasteiger partial charge in [-0.3, -0.25) is 38.4 Å². The fourth-order valence-electron chi connectivity index (χ4n) is 7.84. The number of rotatable bonds is 28. The van der Waals surface area contributed by atoms with E-state index in [9.17, 15) is 58.5 Å². The number of carboxylic acid groups (broad SMARTS) is 1. The lowest BCUT2D eigenvalue weighted by molar-refractivity contribution is -0.142. The van der Waals surface area contributed by atoms with E-state index in [1.165, 1.54) is 30.5 Å². The largest absolute Gasteiger partial charge is 0.480 e. The van der Waals surface area contributed by atoms with E-state index in [0.29, 0.717) is 30.7 Å². The number of carbonyl (C=O) groups excluding carboxylic acids is 8. The predicted molar refractivity (Wildman–Crippen MR) is 266 cm³/mol. The normalized spacial score (nSPS) is 17.2. The third-order valence-corrected chi connectivity index (χ3v) is 12.5. The molecule has 392 valence electrons. The van der Waals surface area contributed by atoms with E-state index in [4.69, 9.17) is 5.73 Å². The summed E-state index contributed by atoms with van der Waals surface area (Å²) in [6.07, 6.45) is 1.43. The maximum Gasteiger partial charge on any atom is 0.326 e. The third-order valence-electron chi connectivity index (χ3n) is 11.8. The van der Waals surface area contributed by atoms with Crippen LogP contribution in [0.1, 0.15) is 78.4 Å². The highest BCUT2D eigenvalue weighted by molar-refractivity contribution is 7.98. The molecule has 0 bridgehead atoms. The topological polar surface area (TPSA) is 328 Å². The minimum Gasteiger partial charge on any atom is -0.480 e. The van der Waals surface area contributed by atoms with Crippen molar-refractivity contribution in [2.75, 3.05) is 25.2 Å². The smallest absolute Gasteiger partial charge is 0.326 e. The van der Waals surface area contributed by atoms with Crippen molar-refractivity contribution in [3.8, 4) is 0 Å². The van der Waals surface area contributed by atoms with Crippen LogP contribution in [0.5, 0.6) is 0 Å². The average molecular weight is 1010 g/mol. The SMILES string of the molecule is CSCC[C@H](NC(=O)[C@@H](NC(=O)[C@@H](NC(=O)[C@@H]1CCCN1C(=O)[C@@H](N)Cc1ccccc1)C(C)C)[C@@H](C)O)C(=O)N[C@@H](Cc1ccccc1)C(=O)N[C@@H](CO)C(=O)N[C@@H](C)C(=O)N[C@@H](CC(C)C)C(=O)O. The summed E-state index contributed by atoms with van der Waals surface area (Å²) in [5, 5.41) is 48.1. The molecule has 71 heavy (non-hydrogen) atoms. The van der Waals surface area contributed by atoms with Gasteiger partial charge in [0.05, 0.1) is 18.8 Å². The van der Waals surface area contributed by atoms with Crippen LogP contribution in [0.4, 0.5) is 0 Å². The van der Waals surface area contributed by atoms with Crippen molar-refractivity contribution in [2.24, 2.45) is 17.6 Å². The summed E-state index contributed by atoms with van der Waals surface area (Å²) in [6, 6.07) is 6.24. The van der Waals surface area contributed by atoms with Gasteiger partial charge in [-0.1, -0.05) is 88.4 Å². The minimum atomic E-state index is -1.63. The summed E-state index contributed by atoms with van der Waals surface area (Å²) in [5.74, 6) is -7.83. The Hall–Kier alpha value is -6.10. The summed E-state index contributed by atoms with van der Waals surface area (Å²) in [7, 11) is 0. The lowest BCUT2D eigenvalue weighted by Crippen LogP contribution is -2.62. The van der Waals surface area contributed by atoms with Crippen LogP contribution >= 0.6 is 11.8 Å². The number of nitrogens with two attached hydrogens (primary N) is 1. The van der Waals surface area contributed by atoms with Crippen molar-refractivity contribution < 1.29 is 58.5 Å². The van der Waals surface area contributed by atoms with Gasteiger partial charge in [-0.25, -0.2) is 4.79 Å². The first-order valence-electron chi connectivity index (χ1n) is 23.8. The van der Waals surface area contributed by atoms with Gasteiger partial charge in [0.25, 0.3) is 0 Å². The number of nitrogens with one attached hydrogen (secondary N) is 7. The quantitative estimate of drug-likeness (QED) is 0.0494. The molecule has 8 amide bonds. The molecule has 2 aromatic carbocycles. The van der Waals surface area contributed by atoms with Crippen molar-refractivity contribution in [2.45, 2.75) is 141 Å². The Kier molecular flexibility index (Phi) is 24.4. The molecule has 0 saturated carbocycles. The standard InChI is InChI=1S/C49H73N9O12S/c1-27(2)23-36(49(69)70)54-41(61)29(5)51-44(64)37(26-59)55-43(63)35(25-32-17-12-9-13-18-32)53-42(62)34(20-22-71-7)52-47(67)40(30(6)60)57-46(66)39(28(3)4)56-45(65)38-19-14-21-58(38)48(68)33(50)24-31-15-10-8-11-16-31/h8-13,15-18,27-30,33-40,59-60H,14,19-26,50H2,1-7H3,(H,51,64)(H,52,67)(H,53,62)(H,54,61)(H,55,63)(H,56,65)(H,57,66)(H,69,70)/t29-,30+,33-,34-,35-,36-,37-,38-,39-,40-/m0/s1. The maximum atomic E-state index is 14.1. The number of hydrogen-bond acceptors (Lipinski definition) is 13. The molecule has 1 aliphatic rings. The summed E-state index contributed by atoms with van der Waals surface area (Å²) >= 11 is 1.35. The van der Waals surface area contributed by atoms with E-state index in [1.807, 2.05) is 30.3 Å². The lowest BCUT2D eigenvalue weighted by atomic mass is 10.0. The maximum absolute atomic E-state index is 14.1. The molecule has 3 rings (SSSR count). The van der Waals surface area contributed by atoms with Crippen LogP contribution in [0, 0.1) is 11.8 Å². The van der Waals surface area contributed by atoms with E-state index in [2.05, 4.69) is 37.2 Å². The first kappa shape index (κ1) is 59.2. The fourth-order valence-corrected chi connectivity index (χ4v) is 8.31. The minimum absolute atomic E-state index is 0.0245. The molecular formula is C49H73N9O12S. The van der Waals surface area contributed by atoms with Gasteiger partial charge in [0, 0.05) is 13.0 Å². The Morgan fingerprint density at radius 2 is 1.18 bits per heavy atom. The van der Waals surface area contributed by atoms with Gasteiger partial charge in [-0.2, -0.15) is 11.8 Å². The van der Waals surface area contributed by atoms with E-state index in [0.717, 1.165) is 5.56 Å². The molecule has 22 heteroatoms. The lowest BCUT2D eigenvalue weighted by Gasteiger charge is -2.31. The number of carboxylic acids is 1.